The highest BCUT2D eigenvalue weighted by Gasteiger charge is 2.08. The maximum Gasteiger partial charge on any atom is 0.249 e. The second kappa shape index (κ2) is 5.83. The fourth-order valence-electron chi connectivity index (χ4n) is 1.67. The van der Waals surface area contributed by atoms with E-state index in [0.717, 1.165) is 17.5 Å². The Morgan fingerprint density at radius 3 is 2.60 bits per heavy atom. The van der Waals surface area contributed by atoms with Gasteiger partial charge in [0.25, 0.3) is 0 Å². The third kappa shape index (κ3) is 3.32. The second-order valence-corrected chi connectivity index (χ2v) is 4.06. The summed E-state index contributed by atoms with van der Waals surface area (Å²) in [4.78, 5) is 21.8. The van der Waals surface area contributed by atoms with Crippen LogP contribution in [0.5, 0.6) is 0 Å². The molecule has 1 aromatic heterocycles. The lowest BCUT2D eigenvalue weighted by Crippen LogP contribution is -2.20. The summed E-state index contributed by atoms with van der Waals surface area (Å²) < 4.78 is 1.57. The predicted octanol–water partition coefficient (Wildman–Crippen LogP) is 0.425. The molecule has 0 bridgehead atoms. The number of carbonyl (C=O) groups excluding carboxylic acids is 2. The van der Waals surface area contributed by atoms with Gasteiger partial charge in [-0.1, -0.05) is 18.2 Å². The molecule has 20 heavy (non-hydrogen) atoms. The van der Waals surface area contributed by atoms with Crippen LogP contribution in [0, 0.1) is 6.92 Å². The van der Waals surface area contributed by atoms with Gasteiger partial charge in [0.05, 0.1) is 17.4 Å². The van der Waals surface area contributed by atoms with Crippen molar-refractivity contribution < 1.29 is 14.7 Å². The molecule has 0 radical (unpaired) electrons. The fraction of sp³-hybridized carbons (Fsp3) is 0.0714. The molecule has 1 heterocycles. The number of aliphatic carboxylic acids is 1. The molecule has 0 aliphatic rings. The van der Waals surface area contributed by atoms with Crippen LogP contribution in [-0.4, -0.2) is 21.7 Å². The normalized spacial score (nSPS) is 10.7. The lowest BCUT2D eigenvalue weighted by atomic mass is 10.3. The highest BCUT2D eigenvalue weighted by atomic mass is 16.4. The number of carboxylic acid groups (broad SMARTS) is 1. The minimum atomic E-state index is -1.42. The van der Waals surface area contributed by atoms with Gasteiger partial charge in [0.2, 0.25) is 5.91 Å². The van der Waals surface area contributed by atoms with E-state index in [1.54, 1.807) is 17.7 Å². The first kappa shape index (κ1) is 13.5. The van der Waals surface area contributed by atoms with Gasteiger partial charge in [-0.25, -0.2) is 4.68 Å². The van der Waals surface area contributed by atoms with E-state index in [0.29, 0.717) is 11.9 Å². The van der Waals surface area contributed by atoms with E-state index < -0.39 is 11.9 Å². The van der Waals surface area contributed by atoms with Crippen LogP contribution in [0.25, 0.3) is 5.69 Å². The molecule has 6 nitrogen and oxygen atoms in total. The predicted molar refractivity (Wildman–Crippen MR) is 71.1 cm³/mol. The summed E-state index contributed by atoms with van der Waals surface area (Å²) in [7, 11) is 0. The molecule has 0 saturated heterocycles. The van der Waals surface area contributed by atoms with Crippen LogP contribution in [0.15, 0.2) is 48.6 Å². The summed E-state index contributed by atoms with van der Waals surface area (Å²) in [6.45, 7) is 1.80. The molecule has 1 aromatic carbocycles. The largest absolute Gasteiger partial charge is 0.545 e. The van der Waals surface area contributed by atoms with Crippen LogP contribution in [0.3, 0.4) is 0 Å². The minimum absolute atomic E-state index is 0.460. The lowest BCUT2D eigenvalue weighted by Gasteiger charge is -2.07. The van der Waals surface area contributed by atoms with Crippen molar-refractivity contribution >= 4 is 17.7 Å². The zero-order valence-electron chi connectivity index (χ0n) is 10.7. The zero-order chi connectivity index (χ0) is 14.5. The molecule has 0 unspecified atom stereocenters. The number of hydrogen-bond acceptors (Lipinski definition) is 4. The highest BCUT2D eigenvalue weighted by molar-refractivity contribution is 6.01. The van der Waals surface area contributed by atoms with Crippen LogP contribution in [0.4, 0.5) is 5.82 Å². The van der Waals surface area contributed by atoms with Gasteiger partial charge < -0.3 is 15.2 Å². The van der Waals surface area contributed by atoms with Gasteiger partial charge in [0.1, 0.15) is 5.82 Å². The number of nitrogens with one attached hydrogen (secondary N) is 1. The molecular formula is C14H12N3O3-. The van der Waals surface area contributed by atoms with Crippen molar-refractivity contribution in [3.8, 4) is 5.69 Å². The number of carboxylic acids is 1. The van der Waals surface area contributed by atoms with Crippen molar-refractivity contribution in [2.75, 3.05) is 5.32 Å². The fourth-order valence-corrected chi connectivity index (χ4v) is 1.67. The third-order valence-electron chi connectivity index (χ3n) is 2.45. The molecular weight excluding hydrogens is 258 g/mol. The quantitative estimate of drug-likeness (QED) is 0.816. The Kier molecular flexibility index (Phi) is 3.95. The number of anilines is 1. The van der Waals surface area contributed by atoms with Gasteiger partial charge >= 0.3 is 0 Å². The van der Waals surface area contributed by atoms with Gasteiger partial charge in [0, 0.05) is 12.1 Å². The number of rotatable bonds is 4. The Morgan fingerprint density at radius 1 is 1.25 bits per heavy atom. The molecule has 0 spiro atoms. The lowest BCUT2D eigenvalue weighted by molar-refractivity contribution is -0.297. The van der Waals surface area contributed by atoms with Crippen molar-refractivity contribution in [1.82, 2.24) is 9.78 Å². The van der Waals surface area contributed by atoms with Crippen LogP contribution < -0.4 is 10.4 Å². The summed E-state index contributed by atoms with van der Waals surface area (Å²) in [6.07, 6.45) is 1.57. The van der Waals surface area contributed by atoms with Crippen LogP contribution >= 0.6 is 0 Å². The topological polar surface area (TPSA) is 87.0 Å². The number of para-hydroxylation sites is 1. The molecule has 0 fully saturated rings. The van der Waals surface area contributed by atoms with Gasteiger partial charge in [0.15, 0.2) is 0 Å². The molecule has 6 heteroatoms. The maximum atomic E-state index is 11.6. The Morgan fingerprint density at radius 2 is 1.95 bits per heavy atom. The Hall–Kier alpha value is -2.89. The number of hydrogen-bond donors (Lipinski definition) is 1. The molecule has 2 aromatic rings. The third-order valence-corrected chi connectivity index (χ3v) is 2.45. The van der Waals surface area contributed by atoms with E-state index >= 15 is 0 Å². The monoisotopic (exact) mass is 270 g/mol. The number of nitrogens with zero attached hydrogens (tertiary/aromatic N) is 2. The zero-order valence-corrected chi connectivity index (χ0v) is 10.7. The first-order valence-electron chi connectivity index (χ1n) is 5.88. The van der Waals surface area contributed by atoms with Crippen molar-refractivity contribution in [2.45, 2.75) is 6.92 Å². The highest BCUT2D eigenvalue weighted by Crippen LogP contribution is 2.16. The number of aromatic nitrogens is 2. The number of benzene rings is 1. The Balaban J connectivity index is 2.25. The Bertz CT molecular complexity index is 660. The number of carbonyl (C=O) groups is 2. The van der Waals surface area contributed by atoms with E-state index in [9.17, 15) is 14.7 Å². The molecule has 1 amide bonds. The van der Waals surface area contributed by atoms with E-state index in [1.165, 1.54) is 0 Å². The van der Waals surface area contributed by atoms with Crippen LogP contribution in [0.1, 0.15) is 5.69 Å². The second-order valence-electron chi connectivity index (χ2n) is 4.06. The van der Waals surface area contributed by atoms with Crippen molar-refractivity contribution in [1.29, 1.82) is 0 Å². The summed E-state index contributed by atoms with van der Waals surface area (Å²) in [5, 5.41) is 17.1. The maximum absolute atomic E-state index is 11.6. The SMILES string of the molecule is Cc1cc(NC(=O)C=CC(=O)[O-])n(-c2ccccc2)n1. The van der Waals surface area contributed by atoms with Crippen LogP contribution in [0.2, 0.25) is 0 Å². The number of aryl methyl sites for hydroxylation is 1. The molecule has 0 aliphatic carbocycles. The molecule has 0 atom stereocenters. The number of amides is 1. The van der Waals surface area contributed by atoms with E-state index in [-0.39, 0.29) is 0 Å². The standard InChI is InChI=1S/C14H13N3O3/c1-10-9-12(15-13(18)7-8-14(19)20)17(16-10)11-5-3-2-4-6-11/h2-9H,1H3,(H,15,18)(H,19,20)/p-1. The van der Waals surface area contributed by atoms with Gasteiger partial charge in [-0.15, -0.1) is 0 Å². The van der Waals surface area contributed by atoms with E-state index in [1.807, 2.05) is 30.3 Å². The summed E-state index contributed by atoms with van der Waals surface area (Å²) in [5.41, 5.74) is 1.52. The van der Waals surface area contributed by atoms with Crippen LogP contribution in [-0.2, 0) is 9.59 Å². The Labute approximate surface area is 115 Å². The van der Waals surface area contributed by atoms with E-state index in [4.69, 9.17) is 0 Å². The average Bonchev–Trinajstić information content (AvgIpc) is 2.78. The first-order valence-corrected chi connectivity index (χ1v) is 5.88. The molecule has 0 saturated carbocycles. The van der Waals surface area contributed by atoms with Gasteiger partial charge in [-0.3, -0.25) is 4.79 Å². The minimum Gasteiger partial charge on any atom is -0.545 e. The van der Waals surface area contributed by atoms with Crippen molar-refractivity contribution in [2.24, 2.45) is 0 Å². The molecule has 102 valence electrons. The summed E-state index contributed by atoms with van der Waals surface area (Å²) in [5.74, 6) is -1.53. The van der Waals surface area contributed by atoms with Gasteiger partial charge in [-0.2, -0.15) is 5.10 Å². The smallest absolute Gasteiger partial charge is 0.249 e. The molecule has 0 aliphatic heterocycles. The summed E-state index contributed by atoms with van der Waals surface area (Å²) in [6, 6.07) is 11.0. The van der Waals surface area contributed by atoms with Crippen molar-refractivity contribution in [3.05, 3.63) is 54.2 Å². The van der Waals surface area contributed by atoms with E-state index in [2.05, 4.69) is 10.4 Å². The molecule has 1 N–H and O–H groups in total. The van der Waals surface area contributed by atoms with Gasteiger partial charge in [-0.05, 0) is 25.1 Å². The first-order chi connectivity index (χ1) is 9.56. The average molecular weight is 270 g/mol. The van der Waals surface area contributed by atoms with Crippen molar-refractivity contribution in [3.63, 3.8) is 0 Å². The molecule has 2 rings (SSSR count). The summed E-state index contributed by atoms with van der Waals surface area (Å²) >= 11 is 0.